The zero-order chi connectivity index (χ0) is 21.9. The van der Waals surface area contributed by atoms with E-state index in [2.05, 4.69) is 46.8 Å². The van der Waals surface area contributed by atoms with Gasteiger partial charge in [-0.1, -0.05) is 46.8 Å². The van der Waals surface area contributed by atoms with Crippen molar-refractivity contribution in [2.45, 2.75) is 96.6 Å². The zero-order valence-electron chi connectivity index (χ0n) is 19.2. The molecule has 1 aromatic carbocycles. The minimum atomic E-state index is -1.32. The summed E-state index contributed by atoms with van der Waals surface area (Å²) in [5.74, 6) is -0.150. The van der Waals surface area contributed by atoms with Gasteiger partial charge in [-0.3, -0.25) is 0 Å². The van der Waals surface area contributed by atoms with Crippen LogP contribution in [0.3, 0.4) is 0 Å². The van der Waals surface area contributed by atoms with E-state index in [1.54, 1.807) is 6.92 Å². The van der Waals surface area contributed by atoms with Crippen LogP contribution in [0.15, 0.2) is 24.3 Å². The summed E-state index contributed by atoms with van der Waals surface area (Å²) in [6, 6.07) is 8.13. The van der Waals surface area contributed by atoms with Crippen LogP contribution in [0.1, 0.15) is 72.8 Å². The molecule has 0 bridgehead atoms. The van der Waals surface area contributed by atoms with Gasteiger partial charge in [0.15, 0.2) is 12.1 Å². The Kier molecular flexibility index (Phi) is 5.50. The van der Waals surface area contributed by atoms with E-state index in [0.717, 1.165) is 25.0 Å². The first kappa shape index (κ1) is 22.1. The molecule has 2 aliphatic heterocycles. The van der Waals surface area contributed by atoms with Gasteiger partial charge < -0.3 is 24.4 Å². The van der Waals surface area contributed by atoms with E-state index in [9.17, 15) is 10.2 Å². The number of benzene rings is 1. The quantitative estimate of drug-likeness (QED) is 0.735. The number of rotatable bonds is 2. The highest BCUT2D eigenvalue weighted by atomic mass is 16.8. The van der Waals surface area contributed by atoms with Crippen LogP contribution in [0.5, 0.6) is 5.75 Å². The van der Waals surface area contributed by atoms with Crippen molar-refractivity contribution in [2.24, 2.45) is 23.7 Å². The van der Waals surface area contributed by atoms with Crippen molar-refractivity contribution in [1.29, 1.82) is 0 Å². The SMILES string of the molecule is C[C@H]1C(Oc2ccc(C(C)(C)C)cc2)O[C@@H]2OC(C)(O)CCC3[C@H](C)CCC1[C@]32O. The molecule has 3 fully saturated rings. The van der Waals surface area contributed by atoms with E-state index in [1.165, 1.54) is 5.56 Å². The fourth-order valence-corrected chi connectivity index (χ4v) is 5.84. The molecule has 2 heterocycles. The first-order valence-electron chi connectivity index (χ1n) is 11.5. The summed E-state index contributed by atoms with van der Waals surface area (Å²) >= 11 is 0. The lowest BCUT2D eigenvalue weighted by molar-refractivity contribution is -0.398. The summed E-state index contributed by atoms with van der Waals surface area (Å²) in [5, 5.41) is 22.6. The lowest BCUT2D eigenvalue weighted by Crippen LogP contribution is -2.67. The first-order valence-corrected chi connectivity index (χ1v) is 11.5. The Bertz CT molecular complexity index is 752. The maximum Gasteiger partial charge on any atom is 0.205 e. The molecule has 0 radical (unpaired) electrons. The Morgan fingerprint density at radius 3 is 2.30 bits per heavy atom. The third kappa shape index (κ3) is 3.79. The highest BCUT2D eigenvalue weighted by molar-refractivity contribution is 5.31. The molecule has 1 aliphatic carbocycles. The molecule has 1 aromatic rings. The molecule has 4 rings (SSSR count). The molecule has 0 aromatic heterocycles. The van der Waals surface area contributed by atoms with Gasteiger partial charge in [-0.25, -0.2) is 0 Å². The van der Waals surface area contributed by atoms with Crippen molar-refractivity contribution >= 4 is 0 Å². The van der Waals surface area contributed by atoms with E-state index in [-0.39, 0.29) is 23.2 Å². The van der Waals surface area contributed by atoms with Crippen LogP contribution in [0.2, 0.25) is 0 Å². The van der Waals surface area contributed by atoms with Gasteiger partial charge in [0.1, 0.15) is 11.4 Å². The molecular formula is C25H38O5. The van der Waals surface area contributed by atoms with Gasteiger partial charge in [0.05, 0.1) is 0 Å². The maximum atomic E-state index is 11.9. The fraction of sp³-hybridized carbons (Fsp3) is 0.760. The number of ether oxygens (including phenoxy) is 3. The molecule has 2 N–H and O–H groups in total. The second kappa shape index (κ2) is 7.47. The maximum absolute atomic E-state index is 11.9. The zero-order valence-corrected chi connectivity index (χ0v) is 19.2. The molecule has 0 amide bonds. The van der Waals surface area contributed by atoms with Crippen molar-refractivity contribution in [3.8, 4) is 5.75 Å². The Labute approximate surface area is 180 Å². The Morgan fingerprint density at radius 2 is 1.67 bits per heavy atom. The standard InChI is InChI=1S/C25H38O5/c1-15-7-12-20-16(2)21(28-18-10-8-17(9-11-18)23(3,4)5)29-22-25(20,27)19(15)13-14-24(6,26)30-22/h8-11,15-16,19-22,26-27H,7,12-14H2,1-6H3/t15-,16-,19?,20?,21?,22-,24?,25-/m1/s1. The third-order valence-electron chi connectivity index (χ3n) is 7.76. The molecular weight excluding hydrogens is 380 g/mol. The van der Waals surface area contributed by atoms with Crippen LogP contribution in [-0.4, -0.2) is 34.2 Å². The van der Waals surface area contributed by atoms with Gasteiger partial charge in [0.25, 0.3) is 0 Å². The Balaban J connectivity index is 1.60. The van der Waals surface area contributed by atoms with E-state index in [1.807, 2.05) is 12.1 Å². The molecule has 30 heavy (non-hydrogen) atoms. The summed E-state index contributed by atoms with van der Waals surface area (Å²) < 4.78 is 18.5. The average Bonchev–Trinajstić information content (AvgIpc) is 2.74. The minimum absolute atomic E-state index is 0.00481. The monoisotopic (exact) mass is 418 g/mol. The van der Waals surface area contributed by atoms with Gasteiger partial charge in [-0.15, -0.1) is 0 Å². The predicted molar refractivity (Wildman–Crippen MR) is 115 cm³/mol. The van der Waals surface area contributed by atoms with Crippen LogP contribution in [0.25, 0.3) is 0 Å². The fourth-order valence-electron chi connectivity index (χ4n) is 5.84. The van der Waals surface area contributed by atoms with Crippen molar-refractivity contribution < 1.29 is 24.4 Å². The van der Waals surface area contributed by atoms with E-state index in [0.29, 0.717) is 12.3 Å². The lowest BCUT2D eigenvalue weighted by Gasteiger charge is -2.57. The second-order valence-corrected chi connectivity index (χ2v) is 11.1. The summed E-state index contributed by atoms with van der Waals surface area (Å²) in [4.78, 5) is 0. The molecule has 2 saturated heterocycles. The van der Waals surface area contributed by atoms with Crippen molar-refractivity contribution in [3.63, 3.8) is 0 Å². The summed E-state index contributed by atoms with van der Waals surface area (Å²) in [7, 11) is 0. The van der Waals surface area contributed by atoms with E-state index >= 15 is 0 Å². The Morgan fingerprint density at radius 1 is 1.00 bits per heavy atom. The summed E-state index contributed by atoms with van der Waals surface area (Å²) in [6.07, 6.45) is 1.75. The number of hydrogen-bond acceptors (Lipinski definition) is 5. The number of hydrogen-bond donors (Lipinski definition) is 2. The number of aliphatic hydroxyl groups is 2. The molecule has 5 heteroatoms. The van der Waals surface area contributed by atoms with Gasteiger partial charge in [0, 0.05) is 18.3 Å². The topological polar surface area (TPSA) is 68.2 Å². The van der Waals surface area contributed by atoms with Crippen LogP contribution >= 0.6 is 0 Å². The highest BCUT2D eigenvalue weighted by Gasteiger charge is 2.63. The van der Waals surface area contributed by atoms with Crippen LogP contribution < -0.4 is 4.74 Å². The molecule has 0 spiro atoms. The molecule has 168 valence electrons. The third-order valence-corrected chi connectivity index (χ3v) is 7.76. The van der Waals surface area contributed by atoms with E-state index < -0.39 is 24.0 Å². The van der Waals surface area contributed by atoms with Gasteiger partial charge in [-0.05, 0) is 61.1 Å². The Hall–Kier alpha value is -1.14. The first-order chi connectivity index (χ1) is 13.9. The molecule has 3 aliphatic rings. The summed E-state index contributed by atoms with van der Waals surface area (Å²) in [6.45, 7) is 12.5. The summed E-state index contributed by atoms with van der Waals surface area (Å²) in [5.41, 5.74) is 0.221. The molecule has 8 atom stereocenters. The van der Waals surface area contributed by atoms with Crippen LogP contribution in [-0.2, 0) is 14.9 Å². The minimum Gasteiger partial charge on any atom is -0.465 e. The largest absolute Gasteiger partial charge is 0.465 e. The smallest absolute Gasteiger partial charge is 0.205 e. The molecule has 1 saturated carbocycles. The van der Waals surface area contributed by atoms with Crippen molar-refractivity contribution in [2.75, 3.05) is 0 Å². The molecule has 5 nitrogen and oxygen atoms in total. The lowest BCUT2D eigenvalue weighted by atomic mass is 9.58. The molecule has 4 unspecified atom stereocenters. The van der Waals surface area contributed by atoms with Crippen molar-refractivity contribution in [3.05, 3.63) is 29.8 Å². The second-order valence-electron chi connectivity index (χ2n) is 11.1. The van der Waals surface area contributed by atoms with Gasteiger partial charge in [-0.2, -0.15) is 0 Å². The average molecular weight is 419 g/mol. The van der Waals surface area contributed by atoms with E-state index in [4.69, 9.17) is 14.2 Å². The highest BCUT2D eigenvalue weighted by Crippen LogP contribution is 2.55. The normalized spacial score (nSPS) is 44.1. The van der Waals surface area contributed by atoms with Crippen LogP contribution in [0, 0.1) is 23.7 Å². The van der Waals surface area contributed by atoms with Crippen LogP contribution in [0.4, 0.5) is 0 Å². The van der Waals surface area contributed by atoms with Crippen molar-refractivity contribution in [1.82, 2.24) is 0 Å². The van der Waals surface area contributed by atoms with Gasteiger partial charge in [0.2, 0.25) is 6.29 Å². The van der Waals surface area contributed by atoms with Gasteiger partial charge >= 0.3 is 0 Å². The predicted octanol–water partition coefficient (Wildman–Crippen LogP) is 4.59.